The van der Waals surface area contributed by atoms with Gasteiger partial charge < -0.3 is 43.6 Å². The average Bonchev–Trinajstić information content (AvgIpc) is 2.71. The van der Waals surface area contributed by atoms with Crippen LogP contribution in [0.1, 0.15) is 47.5 Å². The van der Waals surface area contributed by atoms with Gasteiger partial charge in [0.05, 0.1) is 25.1 Å². The Morgan fingerprint density at radius 1 is 0.800 bits per heavy atom. The number of aliphatic hydroxyl groups excluding tert-OH is 1. The number of hydrogen-bond donors (Lipinski definition) is 8. The molecular weight excluding hydrogens is 462 g/mol. The highest BCUT2D eigenvalue weighted by atomic mass is 16.3. The number of primary amides is 2. The topological polar surface area (TPSA) is 249 Å². The van der Waals surface area contributed by atoms with E-state index in [-0.39, 0.29) is 11.8 Å². The summed E-state index contributed by atoms with van der Waals surface area (Å²) in [7, 11) is 0. The van der Waals surface area contributed by atoms with Crippen LogP contribution in [0.2, 0.25) is 0 Å². The number of amides is 6. The highest BCUT2D eigenvalue weighted by molar-refractivity contribution is 5.96. The van der Waals surface area contributed by atoms with Crippen LogP contribution >= 0.6 is 0 Å². The molecule has 14 heteroatoms. The second kappa shape index (κ2) is 14.9. The molecule has 35 heavy (non-hydrogen) atoms. The number of nitrogens with one attached hydrogen (secondary N) is 4. The minimum atomic E-state index is -1.45. The molecule has 0 fully saturated rings. The normalized spacial score (nSPS) is 15.3. The highest BCUT2D eigenvalue weighted by Crippen LogP contribution is 2.04. The first-order valence-corrected chi connectivity index (χ1v) is 11.3. The minimum absolute atomic E-state index is 0.112. The van der Waals surface area contributed by atoms with Crippen molar-refractivity contribution in [2.75, 3.05) is 6.54 Å². The molecule has 0 spiro atoms. The van der Waals surface area contributed by atoms with Crippen LogP contribution in [-0.2, 0) is 28.8 Å². The molecule has 5 atom stereocenters. The summed E-state index contributed by atoms with van der Waals surface area (Å²) in [6, 6.07) is -4.76. The predicted molar refractivity (Wildman–Crippen MR) is 126 cm³/mol. The number of carbonyl (C=O) groups is 6. The van der Waals surface area contributed by atoms with E-state index in [4.69, 9.17) is 17.2 Å². The largest absolute Gasteiger partial charge is 0.391 e. The van der Waals surface area contributed by atoms with E-state index < -0.39 is 78.7 Å². The van der Waals surface area contributed by atoms with Crippen molar-refractivity contribution < 1.29 is 33.9 Å². The summed E-state index contributed by atoms with van der Waals surface area (Å²) in [5.74, 6) is -5.14. The Hall–Kier alpha value is -3.26. The summed E-state index contributed by atoms with van der Waals surface area (Å²) >= 11 is 0. The van der Waals surface area contributed by atoms with Gasteiger partial charge in [-0.1, -0.05) is 27.7 Å². The quantitative estimate of drug-likeness (QED) is 0.111. The van der Waals surface area contributed by atoms with Crippen LogP contribution in [0.4, 0.5) is 0 Å². The fraction of sp³-hybridized carbons (Fsp3) is 0.714. The van der Waals surface area contributed by atoms with Crippen molar-refractivity contribution in [1.82, 2.24) is 21.3 Å². The summed E-state index contributed by atoms with van der Waals surface area (Å²) in [6.45, 7) is 7.61. The van der Waals surface area contributed by atoms with Gasteiger partial charge in [0.15, 0.2) is 0 Å². The summed E-state index contributed by atoms with van der Waals surface area (Å²) in [4.78, 5) is 72.4. The highest BCUT2D eigenvalue weighted by Gasteiger charge is 2.31. The van der Waals surface area contributed by atoms with Gasteiger partial charge in [0.2, 0.25) is 35.4 Å². The van der Waals surface area contributed by atoms with E-state index in [0.717, 1.165) is 0 Å². The Labute approximate surface area is 204 Å². The van der Waals surface area contributed by atoms with Crippen LogP contribution < -0.4 is 38.5 Å². The van der Waals surface area contributed by atoms with Crippen LogP contribution in [0.3, 0.4) is 0 Å². The Bertz CT molecular complexity index is 786. The van der Waals surface area contributed by atoms with E-state index in [2.05, 4.69) is 21.3 Å². The molecule has 6 amide bonds. The molecule has 11 N–H and O–H groups in total. The average molecular weight is 502 g/mol. The van der Waals surface area contributed by atoms with Crippen LogP contribution in [0.5, 0.6) is 0 Å². The molecular formula is C21H39N7O7. The second-order valence-corrected chi connectivity index (χ2v) is 9.10. The molecule has 0 aliphatic heterocycles. The van der Waals surface area contributed by atoms with Crippen molar-refractivity contribution in [2.24, 2.45) is 29.0 Å². The number of nitrogens with two attached hydrogens (primary N) is 3. The minimum Gasteiger partial charge on any atom is -0.391 e. The number of carbonyl (C=O) groups excluding carboxylic acids is 6. The second-order valence-electron chi connectivity index (χ2n) is 9.10. The molecule has 0 aliphatic rings. The van der Waals surface area contributed by atoms with Gasteiger partial charge in [-0.2, -0.15) is 0 Å². The molecule has 0 radical (unpaired) electrons. The van der Waals surface area contributed by atoms with E-state index in [1.165, 1.54) is 6.92 Å². The summed E-state index contributed by atoms with van der Waals surface area (Å²) in [6.07, 6.45) is -1.54. The van der Waals surface area contributed by atoms with Gasteiger partial charge >= 0.3 is 0 Å². The Kier molecular flexibility index (Phi) is 13.5. The summed E-state index contributed by atoms with van der Waals surface area (Å²) < 4.78 is 0. The zero-order valence-corrected chi connectivity index (χ0v) is 20.8. The van der Waals surface area contributed by atoms with Crippen LogP contribution in [0.15, 0.2) is 0 Å². The predicted octanol–water partition coefficient (Wildman–Crippen LogP) is -3.67. The lowest BCUT2D eigenvalue weighted by Crippen LogP contribution is -2.59. The third-order valence-electron chi connectivity index (χ3n) is 4.88. The summed E-state index contributed by atoms with van der Waals surface area (Å²) in [5, 5.41) is 19.1. The van der Waals surface area contributed by atoms with E-state index in [1.54, 1.807) is 13.8 Å². The molecule has 0 rings (SSSR count). The fourth-order valence-electron chi connectivity index (χ4n) is 3.03. The summed E-state index contributed by atoms with van der Waals surface area (Å²) in [5.41, 5.74) is 16.2. The van der Waals surface area contributed by atoms with Gasteiger partial charge in [0, 0.05) is 0 Å². The van der Waals surface area contributed by atoms with Crippen molar-refractivity contribution in [3.05, 3.63) is 0 Å². The molecule has 0 aromatic heterocycles. The van der Waals surface area contributed by atoms with Crippen molar-refractivity contribution in [3.8, 4) is 0 Å². The zero-order chi connectivity index (χ0) is 27.5. The molecule has 0 aromatic rings. The van der Waals surface area contributed by atoms with Gasteiger partial charge in [-0.15, -0.1) is 0 Å². The molecule has 200 valence electrons. The molecule has 0 saturated carbocycles. The number of rotatable bonds is 15. The lowest BCUT2D eigenvalue weighted by molar-refractivity contribution is -0.135. The standard InChI is InChI=1S/C21H39N7O7/c1-9(2)6-12(22)19(33)26-13(7-14(23)30)20(34)25-8-15(31)27-17(11(5)29)21(35)28-16(10(3)4)18(24)32/h9-13,16-17,29H,6-8,22H2,1-5H3,(H2,23,30)(H2,24,32)(H,25,34)(H,26,33)(H,27,31)(H,28,35)/t11-,12+,13+,16+,17+/m1/s1. The van der Waals surface area contributed by atoms with Crippen LogP contribution in [0, 0.1) is 11.8 Å². The zero-order valence-electron chi connectivity index (χ0n) is 20.8. The lowest BCUT2D eigenvalue weighted by atomic mass is 10.0. The molecule has 0 aromatic carbocycles. The Morgan fingerprint density at radius 2 is 1.37 bits per heavy atom. The molecule has 0 saturated heterocycles. The third kappa shape index (κ3) is 12.1. The van der Waals surface area contributed by atoms with Crippen LogP contribution in [0.25, 0.3) is 0 Å². The van der Waals surface area contributed by atoms with Crippen LogP contribution in [-0.4, -0.2) is 77.4 Å². The van der Waals surface area contributed by atoms with Crippen molar-refractivity contribution in [1.29, 1.82) is 0 Å². The molecule has 0 aliphatic carbocycles. The van der Waals surface area contributed by atoms with E-state index in [9.17, 15) is 33.9 Å². The Morgan fingerprint density at radius 3 is 1.80 bits per heavy atom. The third-order valence-corrected chi connectivity index (χ3v) is 4.88. The maximum absolute atomic E-state index is 12.5. The monoisotopic (exact) mass is 501 g/mol. The van der Waals surface area contributed by atoms with Crippen molar-refractivity contribution in [3.63, 3.8) is 0 Å². The SMILES string of the molecule is CC(C)C[C@H](N)C(=O)N[C@@H](CC(N)=O)C(=O)NCC(=O)N[C@H](C(=O)N[C@H](C(N)=O)C(C)C)[C@@H](C)O. The smallest absolute Gasteiger partial charge is 0.245 e. The van der Waals surface area contributed by atoms with E-state index in [1.807, 2.05) is 13.8 Å². The van der Waals surface area contributed by atoms with Gasteiger partial charge in [-0.3, -0.25) is 28.8 Å². The maximum Gasteiger partial charge on any atom is 0.245 e. The molecule has 14 nitrogen and oxygen atoms in total. The first kappa shape index (κ1) is 31.7. The van der Waals surface area contributed by atoms with Crippen molar-refractivity contribution in [2.45, 2.75) is 77.7 Å². The number of aliphatic hydroxyl groups is 1. The lowest BCUT2D eigenvalue weighted by Gasteiger charge is -2.25. The van der Waals surface area contributed by atoms with Crippen molar-refractivity contribution >= 4 is 35.4 Å². The van der Waals surface area contributed by atoms with Gasteiger partial charge in [0.1, 0.15) is 18.1 Å². The fourth-order valence-corrected chi connectivity index (χ4v) is 3.03. The first-order chi connectivity index (χ1) is 16.1. The van der Waals surface area contributed by atoms with Gasteiger partial charge in [-0.05, 0) is 25.2 Å². The van der Waals surface area contributed by atoms with Gasteiger partial charge in [-0.25, -0.2) is 0 Å². The number of hydrogen-bond acceptors (Lipinski definition) is 8. The maximum atomic E-state index is 12.5. The molecule has 0 heterocycles. The first-order valence-electron chi connectivity index (χ1n) is 11.3. The molecule has 0 unspecified atom stereocenters. The van der Waals surface area contributed by atoms with E-state index >= 15 is 0 Å². The Balaban J connectivity index is 5.14. The van der Waals surface area contributed by atoms with E-state index in [0.29, 0.717) is 6.42 Å². The molecule has 0 bridgehead atoms. The van der Waals surface area contributed by atoms with Gasteiger partial charge in [0.25, 0.3) is 0 Å².